The van der Waals surface area contributed by atoms with Gasteiger partial charge < -0.3 is 0 Å². The number of aromatic nitrogens is 2. The zero-order valence-electron chi connectivity index (χ0n) is 12.2. The van der Waals surface area contributed by atoms with Crippen molar-refractivity contribution in [3.8, 4) is 0 Å². The Hall–Kier alpha value is -1.44. The molecule has 0 aliphatic heterocycles. The van der Waals surface area contributed by atoms with Crippen LogP contribution in [0.15, 0.2) is 24.4 Å². The van der Waals surface area contributed by atoms with Gasteiger partial charge in [0, 0.05) is 11.6 Å². The van der Waals surface area contributed by atoms with Crippen molar-refractivity contribution in [1.29, 1.82) is 0 Å². The molecule has 0 aliphatic carbocycles. The maximum Gasteiger partial charge on any atom is 0.0927 e. The van der Waals surface area contributed by atoms with E-state index in [9.17, 15) is 0 Å². The maximum atomic E-state index is 4.85. The van der Waals surface area contributed by atoms with Crippen molar-refractivity contribution < 1.29 is 0 Å². The molecule has 0 spiro atoms. The zero-order valence-corrected chi connectivity index (χ0v) is 12.2. The topological polar surface area (TPSA) is 25.8 Å². The fourth-order valence-electron chi connectivity index (χ4n) is 2.00. The van der Waals surface area contributed by atoms with E-state index in [1.165, 1.54) is 5.56 Å². The highest BCUT2D eigenvalue weighted by Gasteiger charge is 2.21. The summed E-state index contributed by atoms with van der Waals surface area (Å²) >= 11 is 0. The summed E-state index contributed by atoms with van der Waals surface area (Å²) < 4.78 is 0. The first kappa shape index (κ1) is 13.0. The van der Waals surface area contributed by atoms with Gasteiger partial charge in [0.25, 0.3) is 0 Å². The van der Waals surface area contributed by atoms with E-state index in [1.807, 2.05) is 12.3 Å². The van der Waals surface area contributed by atoms with Gasteiger partial charge in [-0.2, -0.15) is 0 Å². The van der Waals surface area contributed by atoms with Crippen LogP contribution in [0.4, 0.5) is 0 Å². The van der Waals surface area contributed by atoms with Crippen LogP contribution in [0.3, 0.4) is 0 Å². The summed E-state index contributed by atoms with van der Waals surface area (Å²) in [4.78, 5) is 9.41. The quantitative estimate of drug-likeness (QED) is 0.691. The second-order valence-corrected chi connectivity index (χ2v) is 6.93. The fraction of sp³-hybridized carbons (Fsp3) is 0.500. The van der Waals surface area contributed by atoms with E-state index >= 15 is 0 Å². The minimum atomic E-state index is 0.0339. The van der Waals surface area contributed by atoms with Crippen LogP contribution >= 0.6 is 0 Å². The predicted molar refractivity (Wildman–Crippen MR) is 76.9 cm³/mol. The number of hydrogen-bond acceptors (Lipinski definition) is 2. The molecule has 0 bridgehead atoms. The van der Waals surface area contributed by atoms with Crippen LogP contribution in [0.25, 0.3) is 11.0 Å². The number of fused-ring (bicyclic) bond motifs is 1. The summed E-state index contributed by atoms with van der Waals surface area (Å²) in [5.41, 5.74) is 4.45. The van der Waals surface area contributed by atoms with Gasteiger partial charge in [-0.1, -0.05) is 53.7 Å². The molecule has 0 radical (unpaired) electrons. The van der Waals surface area contributed by atoms with Gasteiger partial charge in [0.2, 0.25) is 0 Å². The Balaban J connectivity index is 2.74. The van der Waals surface area contributed by atoms with E-state index in [0.717, 1.165) is 16.7 Å². The smallest absolute Gasteiger partial charge is 0.0927 e. The number of benzene rings is 1. The molecule has 0 amide bonds. The summed E-state index contributed by atoms with van der Waals surface area (Å²) in [6.45, 7) is 13.2. The second kappa shape index (κ2) is 4.04. The van der Waals surface area contributed by atoms with Crippen LogP contribution in [0.2, 0.25) is 0 Å². The highest BCUT2D eigenvalue weighted by Crippen LogP contribution is 2.29. The second-order valence-electron chi connectivity index (χ2n) is 6.93. The Morgan fingerprint density at radius 2 is 1.56 bits per heavy atom. The van der Waals surface area contributed by atoms with Crippen LogP contribution in [0.5, 0.6) is 0 Å². The average Bonchev–Trinajstić information content (AvgIpc) is 2.25. The normalized spacial score (nSPS) is 13.0. The molecule has 0 atom stereocenters. The van der Waals surface area contributed by atoms with Gasteiger partial charge in [0.1, 0.15) is 0 Å². The molecule has 0 N–H and O–H groups in total. The largest absolute Gasteiger partial charge is 0.253 e. The van der Waals surface area contributed by atoms with Gasteiger partial charge in [-0.25, -0.2) is 4.98 Å². The van der Waals surface area contributed by atoms with Gasteiger partial charge in [-0.3, -0.25) is 4.98 Å². The Labute approximate surface area is 109 Å². The SMILES string of the molecule is CC(C)(C)c1cnc2cccc(C(C)(C)C)c2n1. The van der Waals surface area contributed by atoms with Gasteiger partial charge in [0.05, 0.1) is 16.7 Å². The molecule has 0 fully saturated rings. The lowest BCUT2D eigenvalue weighted by molar-refractivity contribution is 0.565. The molecular formula is C16H22N2. The first-order valence-electron chi connectivity index (χ1n) is 6.46. The van der Waals surface area contributed by atoms with E-state index in [-0.39, 0.29) is 10.8 Å². The van der Waals surface area contributed by atoms with Crippen molar-refractivity contribution in [2.24, 2.45) is 0 Å². The minimum absolute atomic E-state index is 0.0339. The van der Waals surface area contributed by atoms with E-state index in [4.69, 9.17) is 4.98 Å². The molecule has 2 rings (SSSR count). The summed E-state index contributed by atoms with van der Waals surface area (Å²) in [5, 5.41) is 0. The molecule has 2 aromatic rings. The Morgan fingerprint density at radius 1 is 0.889 bits per heavy atom. The lowest BCUT2D eigenvalue weighted by Gasteiger charge is -2.22. The van der Waals surface area contributed by atoms with Crippen molar-refractivity contribution >= 4 is 11.0 Å². The highest BCUT2D eigenvalue weighted by molar-refractivity contribution is 5.79. The lowest BCUT2D eigenvalue weighted by atomic mass is 9.85. The van der Waals surface area contributed by atoms with Crippen molar-refractivity contribution in [2.45, 2.75) is 52.4 Å². The number of para-hydroxylation sites is 1. The molecule has 0 saturated heterocycles. The molecule has 2 nitrogen and oxygen atoms in total. The zero-order chi connectivity index (χ0) is 13.6. The summed E-state index contributed by atoms with van der Waals surface area (Å²) in [6.07, 6.45) is 1.90. The highest BCUT2D eigenvalue weighted by atomic mass is 14.8. The van der Waals surface area contributed by atoms with Gasteiger partial charge in [-0.15, -0.1) is 0 Å². The lowest BCUT2D eigenvalue weighted by Crippen LogP contribution is -2.17. The monoisotopic (exact) mass is 242 g/mol. The van der Waals surface area contributed by atoms with Crippen molar-refractivity contribution in [1.82, 2.24) is 9.97 Å². The molecule has 1 heterocycles. The predicted octanol–water partition coefficient (Wildman–Crippen LogP) is 4.22. The van der Waals surface area contributed by atoms with E-state index in [2.05, 4.69) is 58.7 Å². The Bertz CT molecular complexity index is 572. The third kappa shape index (κ3) is 2.38. The number of hydrogen-bond donors (Lipinski definition) is 0. The van der Waals surface area contributed by atoms with Gasteiger partial charge >= 0.3 is 0 Å². The molecule has 18 heavy (non-hydrogen) atoms. The third-order valence-electron chi connectivity index (χ3n) is 3.15. The summed E-state index contributed by atoms with van der Waals surface area (Å²) in [6, 6.07) is 6.25. The summed E-state index contributed by atoms with van der Waals surface area (Å²) in [5.74, 6) is 0. The van der Waals surface area contributed by atoms with Crippen LogP contribution < -0.4 is 0 Å². The third-order valence-corrected chi connectivity index (χ3v) is 3.15. The van der Waals surface area contributed by atoms with Gasteiger partial charge in [-0.05, 0) is 17.0 Å². The summed E-state index contributed by atoms with van der Waals surface area (Å²) in [7, 11) is 0. The van der Waals surface area contributed by atoms with Crippen molar-refractivity contribution in [2.75, 3.05) is 0 Å². The Kier molecular flexibility index (Phi) is 2.92. The van der Waals surface area contributed by atoms with E-state index < -0.39 is 0 Å². The Morgan fingerprint density at radius 3 is 2.11 bits per heavy atom. The molecule has 96 valence electrons. The minimum Gasteiger partial charge on any atom is -0.253 e. The molecular weight excluding hydrogens is 220 g/mol. The van der Waals surface area contributed by atoms with Crippen LogP contribution in [-0.2, 0) is 10.8 Å². The number of nitrogens with zero attached hydrogens (tertiary/aromatic N) is 2. The maximum absolute atomic E-state index is 4.85. The van der Waals surface area contributed by atoms with Crippen LogP contribution in [0.1, 0.15) is 52.8 Å². The molecule has 0 unspecified atom stereocenters. The van der Waals surface area contributed by atoms with Crippen LogP contribution in [-0.4, -0.2) is 9.97 Å². The van der Waals surface area contributed by atoms with E-state index in [0.29, 0.717) is 0 Å². The molecule has 1 aromatic carbocycles. The van der Waals surface area contributed by atoms with Gasteiger partial charge in [0.15, 0.2) is 0 Å². The first-order chi connectivity index (χ1) is 8.19. The average molecular weight is 242 g/mol. The van der Waals surface area contributed by atoms with Crippen molar-refractivity contribution in [3.05, 3.63) is 35.7 Å². The molecule has 0 saturated carbocycles. The van der Waals surface area contributed by atoms with E-state index in [1.54, 1.807) is 0 Å². The fourth-order valence-corrected chi connectivity index (χ4v) is 2.00. The molecule has 0 aliphatic rings. The van der Waals surface area contributed by atoms with Crippen LogP contribution in [0, 0.1) is 0 Å². The molecule has 2 heteroatoms. The standard InChI is InChI=1S/C16H22N2/c1-15(2,3)11-8-7-9-12-14(11)18-13(10-17-12)16(4,5)6/h7-10H,1-6H3. The van der Waals surface area contributed by atoms with Crippen molar-refractivity contribution in [3.63, 3.8) is 0 Å². The molecule has 1 aromatic heterocycles. The number of rotatable bonds is 0. The first-order valence-corrected chi connectivity index (χ1v) is 6.46.